The highest BCUT2D eigenvalue weighted by Gasteiger charge is 2.35. The van der Waals surface area contributed by atoms with Crippen LogP contribution in [0.1, 0.15) is 25.3 Å². The first-order valence-corrected chi connectivity index (χ1v) is 9.02. The van der Waals surface area contributed by atoms with Crippen LogP contribution in [0.25, 0.3) is 0 Å². The molecule has 0 bridgehead atoms. The zero-order valence-corrected chi connectivity index (χ0v) is 15.7. The smallest absolute Gasteiger partial charge is 0.273 e. The number of halogens is 1. The molecule has 0 radical (unpaired) electrons. The molecule has 1 fully saturated rings. The van der Waals surface area contributed by atoms with Gasteiger partial charge in [0.1, 0.15) is 11.6 Å². The van der Waals surface area contributed by atoms with E-state index < -0.39 is 11.0 Å². The number of methoxy groups -OCH3 is 1. The Labute approximate surface area is 162 Å². The summed E-state index contributed by atoms with van der Waals surface area (Å²) in [5.41, 5.74) is 1.20. The molecule has 0 saturated heterocycles. The lowest BCUT2D eigenvalue weighted by Crippen LogP contribution is -2.43. The van der Waals surface area contributed by atoms with Crippen molar-refractivity contribution in [1.82, 2.24) is 4.90 Å². The summed E-state index contributed by atoms with van der Waals surface area (Å²) in [5.74, 6) is -0.301. The Kier molecular flexibility index (Phi) is 5.89. The van der Waals surface area contributed by atoms with Gasteiger partial charge in [-0.15, -0.1) is 0 Å². The Hall–Kier alpha value is -3.00. The first-order chi connectivity index (χ1) is 13.4. The summed E-state index contributed by atoms with van der Waals surface area (Å²) >= 11 is 0. The van der Waals surface area contributed by atoms with Gasteiger partial charge in [-0.25, -0.2) is 4.39 Å². The molecule has 0 unspecified atom stereocenters. The van der Waals surface area contributed by atoms with Gasteiger partial charge in [0, 0.05) is 18.7 Å². The maximum atomic E-state index is 13.1. The molecule has 1 saturated carbocycles. The third-order valence-corrected chi connectivity index (χ3v) is 4.83. The molecule has 1 atom stereocenters. The SMILES string of the molecule is COc1cc([N+](=O)[O-])ccc1NC(=O)[C@H](C)N(Cc1ccc(F)cc1)C1CC1. The van der Waals surface area contributed by atoms with Crippen molar-refractivity contribution in [3.8, 4) is 5.75 Å². The van der Waals surface area contributed by atoms with Crippen LogP contribution in [0.2, 0.25) is 0 Å². The van der Waals surface area contributed by atoms with Crippen LogP contribution < -0.4 is 10.1 Å². The van der Waals surface area contributed by atoms with Crippen molar-refractivity contribution < 1.29 is 18.8 Å². The average molecular weight is 387 g/mol. The quantitative estimate of drug-likeness (QED) is 0.551. The summed E-state index contributed by atoms with van der Waals surface area (Å²) in [4.78, 5) is 25.3. The number of non-ortho nitro benzene ring substituents is 1. The summed E-state index contributed by atoms with van der Waals surface area (Å²) in [6.45, 7) is 2.35. The molecular weight excluding hydrogens is 365 g/mol. The first-order valence-electron chi connectivity index (χ1n) is 9.02. The Morgan fingerprint density at radius 1 is 1.32 bits per heavy atom. The van der Waals surface area contributed by atoms with Crippen LogP contribution in [-0.4, -0.2) is 34.9 Å². The van der Waals surface area contributed by atoms with E-state index in [1.807, 2.05) is 6.92 Å². The van der Waals surface area contributed by atoms with Crippen molar-refractivity contribution >= 4 is 17.3 Å². The summed E-state index contributed by atoms with van der Waals surface area (Å²) in [6, 6.07) is 10.2. The fourth-order valence-electron chi connectivity index (χ4n) is 3.07. The lowest BCUT2D eigenvalue weighted by molar-refractivity contribution is -0.384. The second kappa shape index (κ2) is 8.35. The molecule has 0 aromatic heterocycles. The second-order valence-corrected chi connectivity index (χ2v) is 6.84. The number of hydrogen-bond donors (Lipinski definition) is 1. The van der Waals surface area contributed by atoms with E-state index in [4.69, 9.17) is 4.74 Å². The van der Waals surface area contributed by atoms with E-state index in [9.17, 15) is 19.3 Å². The first kappa shape index (κ1) is 19.8. The van der Waals surface area contributed by atoms with Gasteiger partial charge >= 0.3 is 0 Å². The second-order valence-electron chi connectivity index (χ2n) is 6.84. The number of nitrogens with zero attached hydrogens (tertiary/aromatic N) is 2. The third-order valence-electron chi connectivity index (χ3n) is 4.83. The molecule has 3 rings (SSSR count). The minimum absolute atomic E-state index is 0.112. The molecule has 2 aromatic rings. The van der Waals surface area contributed by atoms with Crippen molar-refractivity contribution in [2.24, 2.45) is 0 Å². The van der Waals surface area contributed by atoms with E-state index in [0.717, 1.165) is 18.4 Å². The minimum atomic E-state index is -0.520. The molecule has 0 heterocycles. The molecular formula is C20H22FN3O4. The highest BCUT2D eigenvalue weighted by atomic mass is 19.1. The standard InChI is InChI=1S/C20H22FN3O4/c1-13(23(16-7-8-16)12-14-3-5-15(21)6-4-14)20(25)22-18-10-9-17(24(26)27)11-19(18)28-2/h3-6,9-11,13,16H,7-8,12H2,1-2H3,(H,22,25)/t13-/m0/s1. The van der Waals surface area contributed by atoms with Crippen LogP contribution in [0.5, 0.6) is 5.75 Å². The average Bonchev–Trinajstić information content (AvgIpc) is 3.52. The summed E-state index contributed by atoms with van der Waals surface area (Å²) in [7, 11) is 1.39. The number of nitro benzene ring substituents is 1. The normalized spacial score (nSPS) is 14.6. The molecule has 2 aromatic carbocycles. The predicted octanol–water partition coefficient (Wildman–Crippen LogP) is 3.73. The predicted molar refractivity (Wildman–Crippen MR) is 103 cm³/mol. The lowest BCUT2D eigenvalue weighted by atomic mass is 10.1. The molecule has 0 aliphatic heterocycles. The van der Waals surface area contributed by atoms with Gasteiger partial charge in [0.15, 0.2) is 0 Å². The highest BCUT2D eigenvalue weighted by Crippen LogP contribution is 2.32. The third kappa shape index (κ3) is 4.64. The molecule has 1 N–H and O–H groups in total. The van der Waals surface area contributed by atoms with Gasteiger partial charge in [0.05, 0.1) is 29.8 Å². The van der Waals surface area contributed by atoms with Gasteiger partial charge in [-0.1, -0.05) is 12.1 Å². The number of anilines is 1. The number of amides is 1. The fraction of sp³-hybridized carbons (Fsp3) is 0.350. The molecule has 1 aliphatic rings. The van der Waals surface area contributed by atoms with Crippen LogP contribution in [0.3, 0.4) is 0 Å². The number of benzene rings is 2. The largest absolute Gasteiger partial charge is 0.494 e. The summed E-state index contributed by atoms with van der Waals surface area (Å²) < 4.78 is 18.3. The van der Waals surface area contributed by atoms with Crippen LogP contribution in [0, 0.1) is 15.9 Å². The van der Waals surface area contributed by atoms with Gasteiger partial charge in [0.2, 0.25) is 5.91 Å². The van der Waals surface area contributed by atoms with Crippen LogP contribution in [-0.2, 0) is 11.3 Å². The molecule has 8 heteroatoms. The number of carbonyl (C=O) groups is 1. The van der Waals surface area contributed by atoms with Crippen LogP contribution in [0.15, 0.2) is 42.5 Å². The number of carbonyl (C=O) groups excluding carboxylic acids is 1. The van der Waals surface area contributed by atoms with E-state index in [1.54, 1.807) is 12.1 Å². The van der Waals surface area contributed by atoms with Crippen LogP contribution >= 0.6 is 0 Å². The Morgan fingerprint density at radius 2 is 2.00 bits per heavy atom. The number of rotatable bonds is 8. The number of nitrogens with one attached hydrogen (secondary N) is 1. The number of nitro groups is 1. The van der Waals surface area contributed by atoms with E-state index in [-0.39, 0.29) is 23.2 Å². The van der Waals surface area contributed by atoms with Crippen molar-refractivity contribution in [1.29, 1.82) is 0 Å². The van der Waals surface area contributed by atoms with Crippen molar-refractivity contribution in [3.05, 3.63) is 64.0 Å². The monoisotopic (exact) mass is 387 g/mol. The minimum Gasteiger partial charge on any atom is -0.494 e. The topological polar surface area (TPSA) is 84.7 Å². The molecule has 28 heavy (non-hydrogen) atoms. The molecule has 7 nitrogen and oxygen atoms in total. The zero-order chi connectivity index (χ0) is 20.3. The van der Waals surface area contributed by atoms with Gasteiger partial charge in [-0.2, -0.15) is 0 Å². The van der Waals surface area contributed by atoms with Crippen molar-refractivity contribution in [2.75, 3.05) is 12.4 Å². The lowest BCUT2D eigenvalue weighted by Gasteiger charge is -2.28. The molecule has 1 amide bonds. The van der Waals surface area contributed by atoms with Gasteiger partial charge < -0.3 is 10.1 Å². The molecule has 1 aliphatic carbocycles. The van der Waals surface area contributed by atoms with E-state index in [1.165, 1.54) is 37.4 Å². The Morgan fingerprint density at radius 3 is 2.57 bits per heavy atom. The van der Waals surface area contributed by atoms with Gasteiger partial charge in [-0.05, 0) is 43.5 Å². The Balaban J connectivity index is 1.73. The number of ether oxygens (including phenoxy) is 1. The van der Waals surface area contributed by atoms with E-state index >= 15 is 0 Å². The van der Waals surface area contributed by atoms with E-state index in [0.29, 0.717) is 18.3 Å². The maximum absolute atomic E-state index is 13.1. The molecule has 0 spiro atoms. The van der Waals surface area contributed by atoms with Crippen molar-refractivity contribution in [2.45, 2.75) is 38.4 Å². The zero-order valence-electron chi connectivity index (χ0n) is 15.7. The Bertz CT molecular complexity index is 868. The molecule has 148 valence electrons. The fourth-order valence-corrected chi connectivity index (χ4v) is 3.07. The number of hydrogen-bond acceptors (Lipinski definition) is 5. The summed E-state index contributed by atoms with van der Waals surface area (Å²) in [6.07, 6.45) is 2.03. The van der Waals surface area contributed by atoms with Crippen LogP contribution in [0.4, 0.5) is 15.8 Å². The van der Waals surface area contributed by atoms with Gasteiger partial charge in [-0.3, -0.25) is 19.8 Å². The maximum Gasteiger partial charge on any atom is 0.273 e. The highest BCUT2D eigenvalue weighted by molar-refractivity contribution is 5.96. The van der Waals surface area contributed by atoms with Crippen molar-refractivity contribution in [3.63, 3.8) is 0 Å². The summed E-state index contributed by atoms with van der Waals surface area (Å²) in [5, 5.41) is 13.7. The van der Waals surface area contributed by atoms with E-state index in [2.05, 4.69) is 10.2 Å². The van der Waals surface area contributed by atoms with Gasteiger partial charge in [0.25, 0.3) is 5.69 Å².